The van der Waals surface area contributed by atoms with Crippen LogP contribution in [0.2, 0.25) is 0 Å². The summed E-state index contributed by atoms with van der Waals surface area (Å²) in [6.45, 7) is 1.92. The number of nitrogens with zero attached hydrogens (tertiary/aromatic N) is 2. The second kappa shape index (κ2) is 6.04. The van der Waals surface area contributed by atoms with Gasteiger partial charge < -0.3 is 14.5 Å². The molecule has 134 valence electrons. The van der Waals surface area contributed by atoms with Crippen LogP contribution in [0.25, 0.3) is 0 Å². The molecular weight excluding hydrogens is 324 g/mol. The highest BCUT2D eigenvalue weighted by molar-refractivity contribution is 5.80. The maximum atomic E-state index is 12.5. The summed E-state index contributed by atoms with van der Waals surface area (Å²) < 4.78 is 5.67. The van der Waals surface area contributed by atoms with Crippen LogP contribution < -0.4 is 9.64 Å². The molecule has 3 aliphatic rings. The molecule has 2 atom stereocenters. The minimum absolute atomic E-state index is 0.171. The number of carbonyl (C=O) groups is 1. The lowest BCUT2D eigenvalue weighted by molar-refractivity contribution is -0.130. The molecule has 4 nitrogen and oxygen atoms in total. The molecule has 2 aromatic carbocycles. The van der Waals surface area contributed by atoms with Gasteiger partial charge in [0.2, 0.25) is 5.91 Å². The number of likely N-dealkylation sites (tertiary alicyclic amines) is 1. The summed E-state index contributed by atoms with van der Waals surface area (Å²) >= 11 is 0. The number of hydrogen-bond donors (Lipinski definition) is 0. The Bertz CT molecular complexity index is 863. The van der Waals surface area contributed by atoms with Crippen molar-refractivity contribution in [1.82, 2.24) is 4.90 Å². The zero-order valence-corrected chi connectivity index (χ0v) is 15.1. The van der Waals surface area contributed by atoms with Gasteiger partial charge in [-0.1, -0.05) is 36.4 Å². The van der Waals surface area contributed by atoms with Crippen molar-refractivity contribution in [2.75, 3.05) is 25.1 Å². The van der Waals surface area contributed by atoms with Crippen LogP contribution in [0.1, 0.15) is 48.0 Å². The normalized spacial score (nSPS) is 24.1. The molecule has 26 heavy (non-hydrogen) atoms. The Balaban J connectivity index is 1.64. The second-order valence-corrected chi connectivity index (χ2v) is 7.50. The van der Waals surface area contributed by atoms with E-state index in [1.165, 1.54) is 22.4 Å². The molecule has 3 heterocycles. The third kappa shape index (κ3) is 2.24. The van der Waals surface area contributed by atoms with Crippen molar-refractivity contribution in [2.45, 2.75) is 37.8 Å². The van der Waals surface area contributed by atoms with Gasteiger partial charge in [0.15, 0.2) is 0 Å². The van der Waals surface area contributed by atoms with E-state index in [0.29, 0.717) is 12.3 Å². The summed E-state index contributed by atoms with van der Waals surface area (Å²) in [4.78, 5) is 17.2. The number of anilines is 1. The number of para-hydroxylation sites is 2. The number of carbonyl (C=O) groups excluding carboxylic acids is 1. The van der Waals surface area contributed by atoms with Crippen LogP contribution in [0.3, 0.4) is 0 Å². The minimum Gasteiger partial charge on any atom is -0.496 e. The van der Waals surface area contributed by atoms with E-state index in [1.807, 2.05) is 12.1 Å². The van der Waals surface area contributed by atoms with Crippen molar-refractivity contribution in [3.8, 4) is 5.75 Å². The fourth-order valence-electron chi connectivity index (χ4n) is 5.09. The van der Waals surface area contributed by atoms with Gasteiger partial charge in [-0.05, 0) is 36.5 Å². The molecule has 0 N–H and O–H groups in total. The highest BCUT2D eigenvalue weighted by Gasteiger charge is 2.42. The lowest BCUT2D eigenvalue weighted by Crippen LogP contribution is -2.39. The maximum Gasteiger partial charge on any atom is 0.223 e. The van der Waals surface area contributed by atoms with Gasteiger partial charge in [0.1, 0.15) is 5.75 Å². The summed E-state index contributed by atoms with van der Waals surface area (Å²) in [6, 6.07) is 15.4. The predicted molar refractivity (Wildman–Crippen MR) is 102 cm³/mol. The van der Waals surface area contributed by atoms with Crippen LogP contribution in [-0.4, -0.2) is 31.0 Å². The Morgan fingerprint density at radius 3 is 2.54 bits per heavy atom. The maximum absolute atomic E-state index is 12.5. The van der Waals surface area contributed by atoms with Crippen LogP contribution in [0.15, 0.2) is 42.5 Å². The number of methoxy groups -OCH3 is 1. The van der Waals surface area contributed by atoms with E-state index in [1.54, 1.807) is 7.11 Å². The van der Waals surface area contributed by atoms with Gasteiger partial charge in [0, 0.05) is 30.8 Å². The molecule has 2 aromatic rings. The van der Waals surface area contributed by atoms with Gasteiger partial charge in [-0.2, -0.15) is 0 Å². The second-order valence-electron chi connectivity index (χ2n) is 7.50. The van der Waals surface area contributed by atoms with E-state index in [9.17, 15) is 4.79 Å². The molecule has 0 aromatic heterocycles. The molecule has 0 saturated carbocycles. The fourth-order valence-corrected chi connectivity index (χ4v) is 5.09. The first-order valence-electron chi connectivity index (χ1n) is 9.58. The molecule has 0 radical (unpaired) electrons. The van der Waals surface area contributed by atoms with Crippen LogP contribution in [-0.2, 0) is 11.2 Å². The van der Waals surface area contributed by atoms with Crippen molar-refractivity contribution in [3.63, 3.8) is 0 Å². The molecule has 1 saturated heterocycles. The predicted octanol–water partition coefficient (Wildman–Crippen LogP) is 3.87. The SMILES string of the molecule is COc1ccccc1C1CC(N2CCCC2=O)c2cccc3c2N1CC3. The van der Waals surface area contributed by atoms with Gasteiger partial charge in [-0.3, -0.25) is 4.79 Å². The number of amides is 1. The largest absolute Gasteiger partial charge is 0.496 e. The Morgan fingerprint density at radius 2 is 1.73 bits per heavy atom. The van der Waals surface area contributed by atoms with Crippen LogP contribution in [0.5, 0.6) is 5.75 Å². The summed E-state index contributed by atoms with van der Waals surface area (Å²) in [5.41, 5.74) is 5.34. The Hall–Kier alpha value is -2.49. The van der Waals surface area contributed by atoms with Gasteiger partial charge in [0.25, 0.3) is 0 Å². The van der Waals surface area contributed by atoms with E-state index in [2.05, 4.69) is 40.1 Å². The van der Waals surface area contributed by atoms with E-state index in [-0.39, 0.29) is 12.1 Å². The zero-order chi connectivity index (χ0) is 17.7. The van der Waals surface area contributed by atoms with Crippen LogP contribution in [0.4, 0.5) is 5.69 Å². The number of benzene rings is 2. The van der Waals surface area contributed by atoms with Gasteiger partial charge >= 0.3 is 0 Å². The van der Waals surface area contributed by atoms with Crippen molar-refractivity contribution < 1.29 is 9.53 Å². The summed E-state index contributed by atoms with van der Waals surface area (Å²) in [6.07, 6.45) is 3.68. The molecule has 0 spiro atoms. The van der Waals surface area contributed by atoms with Crippen LogP contribution >= 0.6 is 0 Å². The molecule has 0 bridgehead atoms. The third-order valence-electron chi connectivity index (χ3n) is 6.23. The van der Waals surface area contributed by atoms with Crippen LogP contribution in [0, 0.1) is 0 Å². The number of ether oxygens (including phenoxy) is 1. The van der Waals surface area contributed by atoms with Crippen molar-refractivity contribution in [2.24, 2.45) is 0 Å². The monoisotopic (exact) mass is 348 g/mol. The summed E-state index contributed by atoms with van der Waals surface area (Å²) in [5, 5.41) is 0. The lowest BCUT2D eigenvalue weighted by atomic mass is 9.86. The average molecular weight is 348 g/mol. The Labute approximate surface area is 154 Å². The fraction of sp³-hybridized carbons (Fsp3) is 0.409. The molecule has 1 amide bonds. The highest BCUT2D eigenvalue weighted by atomic mass is 16.5. The molecule has 2 unspecified atom stereocenters. The number of hydrogen-bond acceptors (Lipinski definition) is 3. The number of rotatable bonds is 3. The molecular formula is C22H24N2O2. The molecule has 4 heteroatoms. The molecule has 5 rings (SSSR count). The Kier molecular flexibility index (Phi) is 3.66. The van der Waals surface area contributed by atoms with E-state index in [4.69, 9.17) is 4.74 Å². The standard InChI is InChI=1S/C22H24N2O2/c1-26-20-9-3-2-7-16(20)18-14-19(23-12-5-10-21(23)25)17-8-4-6-15-11-13-24(18)22(15)17/h2-4,6-9,18-19H,5,10-14H2,1H3. The third-order valence-corrected chi connectivity index (χ3v) is 6.23. The minimum atomic E-state index is 0.171. The van der Waals surface area contributed by atoms with E-state index in [0.717, 1.165) is 38.1 Å². The van der Waals surface area contributed by atoms with Crippen molar-refractivity contribution >= 4 is 11.6 Å². The average Bonchev–Trinajstić information content (AvgIpc) is 3.30. The van der Waals surface area contributed by atoms with Crippen molar-refractivity contribution in [3.05, 3.63) is 59.2 Å². The highest BCUT2D eigenvalue weighted by Crippen LogP contribution is 2.51. The zero-order valence-electron chi connectivity index (χ0n) is 15.1. The quantitative estimate of drug-likeness (QED) is 0.844. The van der Waals surface area contributed by atoms with Gasteiger partial charge in [-0.25, -0.2) is 0 Å². The topological polar surface area (TPSA) is 32.8 Å². The molecule has 1 fully saturated rings. The summed E-state index contributed by atoms with van der Waals surface area (Å²) in [7, 11) is 1.74. The van der Waals surface area contributed by atoms with E-state index >= 15 is 0 Å². The van der Waals surface area contributed by atoms with Gasteiger partial charge in [0.05, 0.1) is 19.2 Å². The molecule has 3 aliphatic heterocycles. The molecule has 0 aliphatic carbocycles. The lowest BCUT2D eigenvalue weighted by Gasteiger charge is -2.43. The van der Waals surface area contributed by atoms with Gasteiger partial charge in [-0.15, -0.1) is 0 Å². The van der Waals surface area contributed by atoms with Crippen molar-refractivity contribution in [1.29, 1.82) is 0 Å². The smallest absolute Gasteiger partial charge is 0.223 e. The van der Waals surface area contributed by atoms with E-state index < -0.39 is 0 Å². The Morgan fingerprint density at radius 1 is 0.923 bits per heavy atom. The summed E-state index contributed by atoms with van der Waals surface area (Å²) in [5.74, 6) is 1.25. The first-order valence-corrected chi connectivity index (χ1v) is 9.58. The first kappa shape index (κ1) is 15.7. The first-order chi connectivity index (χ1) is 12.8.